The van der Waals surface area contributed by atoms with Gasteiger partial charge in [-0.15, -0.1) is 0 Å². The highest BCUT2D eigenvalue weighted by Gasteiger charge is 2.26. The fourth-order valence-corrected chi connectivity index (χ4v) is 2.46. The van der Waals surface area contributed by atoms with Crippen LogP contribution in [0.25, 0.3) is 0 Å². The minimum atomic E-state index is -1.16. The molecule has 0 fully saturated rings. The van der Waals surface area contributed by atoms with Crippen LogP contribution in [0, 0.1) is 0 Å². The Balaban J connectivity index is 3.75. The zero-order valence-electron chi connectivity index (χ0n) is 11.7. The van der Waals surface area contributed by atoms with Crippen LogP contribution in [0.4, 0.5) is 0 Å². The molecule has 0 radical (unpaired) electrons. The Hall–Kier alpha value is -1.75. The highest BCUT2D eigenvalue weighted by molar-refractivity contribution is 5.94. The number of hydrogen-bond acceptors (Lipinski definition) is 4. The van der Waals surface area contributed by atoms with Crippen molar-refractivity contribution in [1.82, 2.24) is 0 Å². The van der Waals surface area contributed by atoms with Crippen molar-refractivity contribution in [3.05, 3.63) is 22.3 Å². The predicted molar refractivity (Wildman–Crippen MR) is 70.8 cm³/mol. The number of carboxylic acid groups (broad SMARTS) is 1. The monoisotopic (exact) mass is 268 g/mol. The molecule has 0 amide bonds. The van der Waals surface area contributed by atoms with Crippen molar-refractivity contribution in [1.29, 1.82) is 0 Å². The molecule has 0 aliphatic rings. The summed E-state index contributed by atoms with van der Waals surface area (Å²) in [6, 6.07) is 0. The molecule has 19 heavy (non-hydrogen) atoms. The van der Waals surface area contributed by atoms with Crippen LogP contribution < -0.4 is 4.89 Å². The highest BCUT2D eigenvalue weighted by atomic mass is 17.2. The van der Waals surface area contributed by atoms with Crippen LogP contribution in [0.1, 0.15) is 47.8 Å². The maximum absolute atomic E-state index is 11.4. The van der Waals surface area contributed by atoms with Gasteiger partial charge in [0.2, 0.25) is 5.75 Å². The molecule has 1 aromatic rings. The maximum Gasteiger partial charge on any atom is 0.339 e. The van der Waals surface area contributed by atoms with Crippen LogP contribution in [-0.2, 0) is 24.2 Å². The largest absolute Gasteiger partial charge is 0.504 e. The molecule has 0 saturated carbocycles. The van der Waals surface area contributed by atoms with E-state index in [1.807, 2.05) is 20.8 Å². The number of phenols is 1. The normalized spacial score (nSPS) is 10.5. The van der Waals surface area contributed by atoms with Crippen molar-refractivity contribution in [2.75, 3.05) is 7.11 Å². The van der Waals surface area contributed by atoms with Gasteiger partial charge in [-0.05, 0) is 30.4 Å². The van der Waals surface area contributed by atoms with Crippen LogP contribution in [0.15, 0.2) is 0 Å². The Morgan fingerprint density at radius 1 is 1.05 bits per heavy atom. The molecule has 0 atom stereocenters. The second-order valence-electron chi connectivity index (χ2n) is 4.10. The summed E-state index contributed by atoms with van der Waals surface area (Å²) in [5.41, 5.74) is 2.27. The minimum Gasteiger partial charge on any atom is -0.504 e. The average Bonchev–Trinajstić information content (AvgIpc) is 2.39. The van der Waals surface area contributed by atoms with Gasteiger partial charge in [-0.2, -0.15) is 4.89 Å². The van der Waals surface area contributed by atoms with Crippen LogP contribution in [0.5, 0.6) is 11.5 Å². The van der Waals surface area contributed by atoms with E-state index >= 15 is 0 Å². The predicted octanol–water partition coefficient (Wildman–Crippen LogP) is 2.72. The van der Waals surface area contributed by atoms with E-state index in [-0.39, 0.29) is 17.1 Å². The summed E-state index contributed by atoms with van der Waals surface area (Å²) in [6.45, 7) is 5.75. The van der Waals surface area contributed by atoms with Crippen molar-refractivity contribution in [3.8, 4) is 11.5 Å². The van der Waals surface area contributed by atoms with Gasteiger partial charge in [0.25, 0.3) is 0 Å². The van der Waals surface area contributed by atoms with Gasteiger partial charge in [0.15, 0.2) is 5.75 Å². The van der Waals surface area contributed by atoms with Crippen molar-refractivity contribution in [2.45, 2.75) is 40.0 Å². The van der Waals surface area contributed by atoms with Gasteiger partial charge in [0.05, 0.1) is 7.11 Å². The molecule has 106 valence electrons. The summed E-state index contributed by atoms with van der Waals surface area (Å²) in [5, 5.41) is 19.4. The first-order valence-corrected chi connectivity index (χ1v) is 6.36. The Bertz CT molecular complexity index is 479. The summed E-state index contributed by atoms with van der Waals surface area (Å²) >= 11 is 0. The van der Waals surface area contributed by atoms with Gasteiger partial charge in [0.1, 0.15) is 5.56 Å². The first-order chi connectivity index (χ1) is 9.03. The third-order valence-electron chi connectivity index (χ3n) is 3.20. The lowest BCUT2D eigenvalue weighted by Gasteiger charge is -2.19. The molecule has 0 spiro atoms. The Labute approximate surface area is 112 Å². The molecule has 0 aliphatic carbocycles. The summed E-state index contributed by atoms with van der Waals surface area (Å²) in [7, 11) is 1.32. The van der Waals surface area contributed by atoms with E-state index in [4.69, 9.17) is 4.89 Å². The van der Waals surface area contributed by atoms with Crippen molar-refractivity contribution >= 4 is 5.97 Å². The molecule has 0 aromatic heterocycles. The van der Waals surface area contributed by atoms with Gasteiger partial charge >= 0.3 is 5.97 Å². The van der Waals surface area contributed by atoms with Crippen molar-refractivity contribution in [2.24, 2.45) is 0 Å². The van der Waals surface area contributed by atoms with E-state index in [1.54, 1.807) is 0 Å². The van der Waals surface area contributed by atoms with Crippen LogP contribution in [0.2, 0.25) is 0 Å². The second kappa shape index (κ2) is 6.43. The molecule has 1 rings (SSSR count). The third kappa shape index (κ3) is 2.66. The van der Waals surface area contributed by atoms with E-state index in [0.717, 1.165) is 11.1 Å². The lowest BCUT2D eigenvalue weighted by atomic mass is 9.89. The van der Waals surface area contributed by atoms with Gasteiger partial charge in [-0.3, -0.25) is 0 Å². The number of aromatic hydroxyl groups is 1. The molecular formula is C14H20O5. The van der Waals surface area contributed by atoms with Crippen molar-refractivity contribution in [3.63, 3.8) is 0 Å². The van der Waals surface area contributed by atoms with Crippen LogP contribution in [-0.4, -0.2) is 23.3 Å². The minimum absolute atomic E-state index is 0.0939. The second-order valence-corrected chi connectivity index (χ2v) is 4.10. The number of benzene rings is 1. The van der Waals surface area contributed by atoms with Crippen LogP contribution in [0.3, 0.4) is 0 Å². The topological polar surface area (TPSA) is 76.0 Å². The number of carboxylic acids is 1. The molecule has 5 nitrogen and oxygen atoms in total. The first-order valence-electron chi connectivity index (χ1n) is 6.36. The summed E-state index contributed by atoms with van der Waals surface area (Å²) < 4.78 is 0. The molecule has 0 saturated heterocycles. The average molecular weight is 268 g/mol. The fraction of sp³-hybridized carbons (Fsp3) is 0.500. The zero-order chi connectivity index (χ0) is 14.6. The van der Waals surface area contributed by atoms with E-state index in [0.29, 0.717) is 24.8 Å². The van der Waals surface area contributed by atoms with E-state index in [2.05, 4.69) is 4.89 Å². The molecule has 0 bridgehead atoms. The number of aromatic carboxylic acids is 1. The van der Waals surface area contributed by atoms with E-state index in [1.165, 1.54) is 7.11 Å². The standard InChI is InChI=1S/C14H20O5/c1-5-8-9(6-2)11(14(16)17)12(15)13(19-18-4)10(8)7-3/h15H,5-7H2,1-4H3,(H,16,17). The molecule has 0 heterocycles. The van der Waals surface area contributed by atoms with Gasteiger partial charge in [-0.1, -0.05) is 20.8 Å². The maximum atomic E-state index is 11.4. The number of rotatable bonds is 6. The van der Waals surface area contributed by atoms with Gasteiger partial charge < -0.3 is 15.1 Å². The Morgan fingerprint density at radius 3 is 1.95 bits per heavy atom. The lowest BCUT2D eigenvalue weighted by molar-refractivity contribution is -0.179. The molecular weight excluding hydrogens is 248 g/mol. The summed E-state index contributed by atoms with van der Waals surface area (Å²) in [4.78, 5) is 21.0. The smallest absolute Gasteiger partial charge is 0.339 e. The molecule has 5 heteroatoms. The quantitative estimate of drug-likeness (QED) is 0.613. The van der Waals surface area contributed by atoms with E-state index in [9.17, 15) is 15.0 Å². The Morgan fingerprint density at radius 2 is 1.58 bits per heavy atom. The molecule has 0 aliphatic heterocycles. The lowest BCUT2D eigenvalue weighted by Crippen LogP contribution is -2.11. The summed E-state index contributed by atoms with van der Waals surface area (Å²) in [5.74, 6) is -1.41. The highest BCUT2D eigenvalue weighted by Crippen LogP contribution is 2.40. The molecule has 1 aromatic carbocycles. The number of hydrogen-bond donors (Lipinski definition) is 2. The third-order valence-corrected chi connectivity index (χ3v) is 3.20. The van der Waals surface area contributed by atoms with Gasteiger partial charge in [0, 0.05) is 5.56 Å². The number of carbonyl (C=O) groups is 1. The van der Waals surface area contributed by atoms with Crippen LogP contribution >= 0.6 is 0 Å². The van der Waals surface area contributed by atoms with Crippen molar-refractivity contribution < 1.29 is 24.8 Å². The molecule has 2 N–H and O–H groups in total. The van der Waals surface area contributed by atoms with Gasteiger partial charge in [-0.25, -0.2) is 4.79 Å². The SMILES string of the molecule is CCc1c(CC)c(OOC)c(O)c(C(=O)O)c1CC. The first kappa shape index (κ1) is 15.3. The van der Waals surface area contributed by atoms with E-state index < -0.39 is 5.97 Å². The zero-order valence-corrected chi connectivity index (χ0v) is 11.7. The Kier molecular flexibility index (Phi) is 5.18. The molecule has 0 unspecified atom stereocenters. The fourth-order valence-electron chi connectivity index (χ4n) is 2.46. The summed E-state index contributed by atoms with van der Waals surface area (Å²) in [6.07, 6.45) is 1.84.